The van der Waals surface area contributed by atoms with Crippen LogP contribution in [0.25, 0.3) is 0 Å². The van der Waals surface area contributed by atoms with E-state index in [0.717, 1.165) is 18.0 Å². The molecule has 3 heterocycles. The third-order valence-electron chi connectivity index (χ3n) is 7.30. The highest BCUT2D eigenvalue weighted by molar-refractivity contribution is 7.92. The monoisotopic (exact) mass is 589 g/mol. The van der Waals surface area contributed by atoms with Gasteiger partial charge in [-0.2, -0.15) is 0 Å². The molecule has 0 unspecified atom stereocenters. The molecule has 3 fully saturated rings. The lowest BCUT2D eigenvalue weighted by molar-refractivity contribution is -0.135. The number of carbonyl (C=O) groups excluding carboxylic acids is 2. The number of benzene rings is 1. The quantitative estimate of drug-likeness (QED) is 0.331. The van der Waals surface area contributed by atoms with Crippen LogP contribution in [0, 0.1) is 0 Å². The van der Waals surface area contributed by atoms with Crippen molar-refractivity contribution in [2.24, 2.45) is 5.16 Å². The normalized spacial score (nSPS) is 22.4. The maximum absolute atomic E-state index is 13.3. The summed E-state index contributed by atoms with van der Waals surface area (Å²) in [6, 6.07) is 6.34. The number of nitrogens with one attached hydrogen (secondary N) is 1. The van der Waals surface area contributed by atoms with Crippen LogP contribution in [0.5, 0.6) is 0 Å². The van der Waals surface area contributed by atoms with Crippen molar-refractivity contribution in [1.29, 1.82) is 0 Å². The Hall–Kier alpha value is -2.87. The van der Waals surface area contributed by atoms with Crippen LogP contribution in [0.1, 0.15) is 50.0 Å². The molecule has 1 saturated carbocycles. The van der Waals surface area contributed by atoms with Crippen LogP contribution in [0.2, 0.25) is 0 Å². The number of sulfone groups is 1. The number of aromatic nitrogens is 1. The number of oxime groups is 1. The van der Waals surface area contributed by atoms with Crippen molar-refractivity contribution in [2.75, 3.05) is 38.2 Å². The van der Waals surface area contributed by atoms with Gasteiger partial charge >= 0.3 is 0 Å². The molecule has 13 heteroatoms. The number of hydrogen-bond donors (Lipinski definition) is 1. The summed E-state index contributed by atoms with van der Waals surface area (Å²) in [7, 11) is -3.34. The molecule has 2 amide bonds. The van der Waals surface area contributed by atoms with Gasteiger partial charge in [-0.15, -0.1) is 11.3 Å². The summed E-state index contributed by atoms with van der Waals surface area (Å²) >= 11 is 1.38. The number of rotatable bonds is 10. The van der Waals surface area contributed by atoms with E-state index in [1.165, 1.54) is 23.5 Å². The topological polar surface area (TPSA) is 130 Å². The second-order valence-electron chi connectivity index (χ2n) is 10.4. The first-order chi connectivity index (χ1) is 19.2. The van der Waals surface area contributed by atoms with Gasteiger partial charge in [0.2, 0.25) is 5.91 Å². The van der Waals surface area contributed by atoms with Crippen molar-refractivity contribution < 1.29 is 27.6 Å². The minimum Gasteiger partial charge on any atom is -0.389 e. The van der Waals surface area contributed by atoms with Gasteiger partial charge in [0.1, 0.15) is 0 Å². The molecule has 0 bridgehead atoms. The average Bonchev–Trinajstić information content (AvgIpc) is 3.53. The number of nitrogens with zero attached hydrogens (tertiary/aromatic N) is 4. The van der Waals surface area contributed by atoms with Gasteiger partial charge in [-0.3, -0.25) is 19.8 Å². The Morgan fingerprint density at radius 3 is 2.62 bits per heavy atom. The number of piperazine rings is 1. The van der Waals surface area contributed by atoms with Gasteiger partial charge in [0, 0.05) is 61.7 Å². The molecular weight excluding hydrogens is 554 g/mol. The van der Waals surface area contributed by atoms with Crippen LogP contribution in [0.15, 0.2) is 40.5 Å². The molecule has 2 aliphatic heterocycles. The number of amides is 2. The zero-order valence-corrected chi connectivity index (χ0v) is 24.4. The van der Waals surface area contributed by atoms with Crippen LogP contribution in [-0.4, -0.2) is 91.0 Å². The highest BCUT2D eigenvalue weighted by Gasteiger charge is 2.37. The average molecular weight is 590 g/mol. The van der Waals surface area contributed by atoms with Gasteiger partial charge in [0.25, 0.3) is 5.91 Å². The van der Waals surface area contributed by atoms with Gasteiger partial charge < -0.3 is 14.5 Å². The van der Waals surface area contributed by atoms with Gasteiger partial charge in [0.15, 0.2) is 26.8 Å². The lowest BCUT2D eigenvalue weighted by Crippen LogP contribution is -2.53. The van der Waals surface area contributed by atoms with E-state index < -0.39 is 15.7 Å². The van der Waals surface area contributed by atoms with Gasteiger partial charge in [-0.1, -0.05) is 24.2 Å². The number of thiazole rings is 1. The minimum atomic E-state index is -3.34. The second-order valence-corrected chi connectivity index (χ2v) is 13.8. The molecular formula is C27H35N5O6S2. The third-order valence-corrected chi connectivity index (χ3v) is 10.5. The Balaban J connectivity index is 1.26. The molecule has 2 saturated heterocycles. The Kier molecular flexibility index (Phi) is 8.83. The molecule has 3 aliphatic rings. The highest BCUT2D eigenvalue weighted by Crippen LogP contribution is 2.33. The van der Waals surface area contributed by atoms with E-state index in [1.807, 2.05) is 11.8 Å². The molecule has 5 rings (SSSR count). The molecule has 216 valence electrons. The first kappa shape index (κ1) is 28.7. The van der Waals surface area contributed by atoms with Crippen LogP contribution < -0.4 is 5.32 Å². The molecule has 1 aliphatic carbocycles. The summed E-state index contributed by atoms with van der Waals surface area (Å²) in [5.74, 6) is -0.325. The molecule has 40 heavy (non-hydrogen) atoms. The predicted octanol–water partition coefficient (Wildman–Crippen LogP) is 2.67. The fourth-order valence-corrected chi connectivity index (χ4v) is 7.39. The zero-order chi connectivity index (χ0) is 28.3. The highest BCUT2D eigenvalue weighted by atomic mass is 32.2. The fraction of sp³-hybridized carbons (Fsp3) is 0.556. The number of carbonyl (C=O) groups is 2. The summed E-state index contributed by atoms with van der Waals surface area (Å²) < 4.78 is 30.5. The third kappa shape index (κ3) is 6.70. The van der Waals surface area contributed by atoms with E-state index in [-0.39, 0.29) is 33.9 Å². The fourth-order valence-electron chi connectivity index (χ4n) is 4.89. The van der Waals surface area contributed by atoms with E-state index >= 15 is 0 Å². The van der Waals surface area contributed by atoms with Crippen molar-refractivity contribution >= 4 is 43.8 Å². The molecule has 1 aromatic heterocycles. The maximum atomic E-state index is 13.3. The summed E-state index contributed by atoms with van der Waals surface area (Å²) in [6.07, 6.45) is 4.04. The smallest absolute Gasteiger partial charge is 0.280 e. The SMILES string of the molecule is CCC(=O)N1CCN(Cc2cnc(NC(=O)/C(=N/O[C@@H]3CCOC3)c3ccc(S(=O)(=O)C4CC4)cc3)s2)C[C@@H]1C. The maximum Gasteiger partial charge on any atom is 0.280 e. The van der Waals surface area contributed by atoms with Crippen molar-refractivity contribution in [2.45, 2.75) is 68.4 Å². The van der Waals surface area contributed by atoms with E-state index in [4.69, 9.17) is 9.57 Å². The second kappa shape index (κ2) is 12.3. The van der Waals surface area contributed by atoms with Crippen molar-refractivity contribution in [3.8, 4) is 0 Å². The van der Waals surface area contributed by atoms with Crippen LogP contribution in [0.3, 0.4) is 0 Å². The Morgan fingerprint density at radius 1 is 1.20 bits per heavy atom. The van der Waals surface area contributed by atoms with Gasteiger partial charge in [-0.25, -0.2) is 13.4 Å². The largest absolute Gasteiger partial charge is 0.389 e. The van der Waals surface area contributed by atoms with E-state index in [2.05, 4.69) is 27.3 Å². The van der Waals surface area contributed by atoms with Crippen molar-refractivity contribution in [3.05, 3.63) is 40.9 Å². The molecule has 2 atom stereocenters. The Labute approximate surface area is 238 Å². The van der Waals surface area contributed by atoms with E-state index in [0.29, 0.717) is 62.7 Å². The van der Waals surface area contributed by atoms with Crippen LogP contribution >= 0.6 is 11.3 Å². The summed E-state index contributed by atoms with van der Waals surface area (Å²) in [5, 5.41) is 7.10. The van der Waals surface area contributed by atoms with Gasteiger partial charge in [0.05, 0.1) is 23.4 Å². The minimum absolute atomic E-state index is 0.0320. The predicted molar refractivity (Wildman–Crippen MR) is 151 cm³/mol. The number of anilines is 1. The van der Waals surface area contributed by atoms with Crippen LogP contribution in [0.4, 0.5) is 5.13 Å². The molecule has 1 N–H and O–H groups in total. The number of hydrogen-bond acceptors (Lipinski definition) is 10. The lowest BCUT2D eigenvalue weighted by Gasteiger charge is -2.39. The Morgan fingerprint density at radius 2 is 1.98 bits per heavy atom. The van der Waals surface area contributed by atoms with E-state index in [9.17, 15) is 18.0 Å². The van der Waals surface area contributed by atoms with Crippen molar-refractivity contribution in [1.82, 2.24) is 14.8 Å². The summed E-state index contributed by atoms with van der Waals surface area (Å²) in [4.78, 5) is 40.9. The number of ether oxygens (including phenoxy) is 1. The van der Waals surface area contributed by atoms with Gasteiger partial charge in [-0.05, 0) is 31.9 Å². The Bertz CT molecular complexity index is 1350. The zero-order valence-electron chi connectivity index (χ0n) is 22.7. The van der Waals surface area contributed by atoms with E-state index in [1.54, 1.807) is 18.3 Å². The van der Waals surface area contributed by atoms with Crippen molar-refractivity contribution in [3.63, 3.8) is 0 Å². The molecule has 0 radical (unpaired) electrons. The molecule has 2 aromatic rings. The first-order valence-corrected chi connectivity index (χ1v) is 16.0. The molecule has 11 nitrogen and oxygen atoms in total. The summed E-state index contributed by atoms with van der Waals surface area (Å²) in [5.41, 5.74) is 0.473. The standard InChI is InChI=1S/C27H35N5O6S2/c1-3-24(33)32-12-11-31(15-18(32)2)16-21-14-28-27(39-21)29-26(34)25(30-38-20-10-13-37-17-20)19-4-6-22(7-5-19)40(35,36)23-8-9-23/h4-7,14,18,20,23H,3,8-13,15-17H2,1-2H3,(H,28,29,34)/b30-25+/t18-,20+/m0/s1. The lowest BCUT2D eigenvalue weighted by atomic mass is 10.1. The first-order valence-electron chi connectivity index (χ1n) is 13.7. The summed E-state index contributed by atoms with van der Waals surface area (Å²) in [6.45, 7) is 7.84. The van der Waals surface area contributed by atoms with Crippen LogP contribution in [-0.2, 0) is 35.5 Å². The molecule has 1 aromatic carbocycles. The molecule has 0 spiro atoms.